The SMILES string of the molecule is CCOC(=O)c1ccccc1S(=O)(=O)c1ccc(C[C@@H](C)N(Cc2ccccc2)C[C@H](O)c2cccc(Cl)c2)cc1. The minimum absolute atomic E-state index is 0.0156. The predicted molar refractivity (Wildman–Crippen MR) is 161 cm³/mol. The molecule has 4 aromatic rings. The molecule has 41 heavy (non-hydrogen) atoms. The number of halogens is 1. The van der Waals surface area contributed by atoms with E-state index in [1.54, 1.807) is 55.5 Å². The van der Waals surface area contributed by atoms with E-state index in [2.05, 4.69) is 24.0 Å². The van der Waals surface area contributed by atoms with Crippen molar-refractivity contribution in [3.05, 3.63) is 130 Å². The lowest BCUT2D eigenvalue weighted by Crippen LogP contribution is -2.37. The van der Waals surface area contributed by atoms with Crippen LogP contribution in [0.2, 0.25) is 5.02 Å². The molecule has 0 unspecified atom stereocenters. The molecule has 0 amide bonds. The number of nitrogens with zero attached hydrogens (tertiary/aromatic N) is 1. The first kappa shape index (κ1) is 30.5. The molecule has 2 atom stereocenters. The Labute approximate surface area is 247 Å². The molecule has 0 aliphatic carbocycles. The molecule has 0 saturated heterocycles. The highest BCUT2D eigenvalue weighted by molar-refractivity contribution is 7.91. The Balaban J connectivity index is 1.53. The highest BCUT2D eigenvalue weighted by atomic mass is 35.5. The van der Waals surface area contributed by atoms with E-state index in [0.717, 1.165) is 16.7 Å². The van der Waals surface area contributed by atoms with Crippen molar-refractivity contribution in [3.8, 4) is 0 Å². The number of carbonyl (C=O) groups is 1. The van der Waals surface area contributed by atoms with Crippen LogP contribution in [-0.4, -0.2) is 43.6 Å². The quantitative estimate of drug-likeness (QED) is 0.189. The van der Waals surface area contributed by atoms with E-state index in [-0.39, 0.29) is 28.0 Å². The first-order valence-corrected chi connectivity index (χ1v) is 15.4. The molecular formula is C33H34ClNO5S. The van der Waals surface area contributed by atoms with Crippen LogP contribution in [0.1, 0.15) is 47.0 Å². The van der Waals surface area contributed by atoms with E-state index in [1.807, 2.05) is 30.3 Å². The Morgan fingerprint density at radius 2 is 1.59 bits per heavy atom. The summed E-state index contributed by atoms with van der Waals surface area (Å²) in [6.07, 6.45) is -0.0960. The Hall–Kier alpha value is -3.49. The fourth-order valence-corrected chi connectivity index (χ4v) is 6.39. The van der Waals surface area contributed by atoms with Crippen LogP contribution in [0.4, 0.5) is 0 Å². The van der Waals surface area contributed by atoms with Crippen molar-refractivity contribution in [1.82, 2.24) is 4.90 Å². The molecule has 0 aliphatic heterocycles. The zero-order chi connectivity index (χ0) is 29.4. The molecule has 8 heteroatoms. The number of carbonyl (C=O) groups excluding carboxylic acids is 1. The molecule has 0 heterocycles. The smallest absolute Gasteiger partial charge is 0.339 e. The number of ether oxygens (including phenoxy) is 1. The van der Waals surface area contributed by atoms with Gasteiger partial charge in [-0.2, -0.15) is 0 Å². The minimum Gasteiger partial charge on any atom is -0.462 e. The Morgan fingerprint density at radius 1 is 0.902 bits per heavy atom. The standard InChI is InChI=1S/C33H34ClNO5S/c1-3-40-33(37)30-14-7-8-15-32(30)41(38,39)29-18-16-25(17-19-29)20-24(2)35(22-26-10-5-4-6-11-26)23-31(36)27-12-9-13-28(34)21-27/h4-19,21,24,31,36H,3,20,22-23H2,1-2H3/t24-,31+/m1/s1. The fraction of sp³-hybridized carbons (Fsp3) is 0.242. The molecule has 0 aromatic heterocycles. The van der Waals surface area contributed by atoms with Crippen LogP contribution < -0.4 is 0 Å². The van der Waals surface area contributed by atoms with Gasteiger partial charge in [0, 0.05) is 24.2 Å². The maximum absolute atomic E-state index is 13.4. The Kier molecular flexibility index (Phi) is 10.3. The van der Waals surface area contributed by atoms with Gasteiger partial charge in [-0.25, -0.2) is 13.2 Å². The summed E-state index contributed by atoms with van der Waals surface area (Å²) in [5, 5.41) is 11.6. The topological polar surface area (TPSA) is 83.9 Å². The summed E-state index contributed by atoms with van der Waals surface area (Å²) < 4.78 is 31.9. The molecular weight excluding hydrogens is 558 g/mol. The average molecular weight is 592 g/mol. The lowest BCUT2D eigenvalue weighted by atomic mass is 10.0. The van der Waals surface area contributed by atoms with E-state index < -0.39 is 21.9 Å². The summed E-state index contributed by atoms with van der Waals surface area (Å²) in [7, 11) is -3.94. The largest absolute Gasteiger partial charge is 0.462 e. The van der Waals surface area contributed by atoms with Crippen molar-refractivity contribution in [3.63, 3.8) is 0 Å². The van der Waals surface area contributed by atoms with E-state index in [0.29, 0.717) is 24.5 Å². The fourth-order valence-electron chi connectivity index (χ4n) is 4.74. The lowest BCUT2D eigenvalue weighted by molar-refractivity contribution is 0.0522. The number of rotatable bonds is 12. The molecule has 0 aliphatic rings. The molecule has 6 nitrogen and oxygen atoms in total. The van der Waals surface area contributed by atoms with Crippen LogP contribution in [0.3, 0.4) is 0 Å². The van der Waals surface area contributed by atoms with Gasteiger partial charge in [-0.05, 0) is 73.4 Å². The summed E-state index contributed by atoms with van der Waals surface area (Å²) >= 11 is 6.16. The second kappa shape index (κ2) is 13.9. The highest BCUT2D eigenvalue weighted by Gasteiger charge is 2.25. The monoisotopic (exact) mass is 591 g/mol. The Morgan fingerprint density at radius 3 is 2.27 bits per heavy atom. The number of aliphatic hydroxyl groups is 1. The predicted octanol–water partition coefficient (Wildman–Crippen LogP) is 6.52. The first-order valence-electron chi connectivity index (χ1n) is 13.5. The number of sulfone groups is 1. The zero-order valence-corrected chi connectivity index (χ0v) is 24.7. The summed E-state index contributed by atoms with van der Waals surface area (Å²) in [6, 6.07) is 30.1. The van der Waals surface area contributed by atoms with Crippen molar-refractivity contribution >= 4 is 27.4 Å². The van der Waals surface area contributed by atoms with Crippen LogP contribution in [0, 0.1) is 0 Å². The van der Waals surface area contributed by atoms with Crippen molar-refractivity contribution in [1.29, 1.82) is 0 Å². The van der Waals surface area contributed by atoms with Crippen molar-refractivity contribution < 1.29 is 23.1 Å². The minimum atomic E-state index is -3.94. The third-order valence-electron chi connectivity index (χ3n) is 6.93. The van der Waals surface area contributed by atoms with Crippen LogP contribution in [0.5, 0.6) is 0 Å². The van der Waals surface area contributed by atoms with Gasteiger partial charge < -0.3 is 9.84 Å². The van der Waals surface area contributed by atoms with Crippen LogP contribution in [0.15, 0.2) is 113 Å². The molecule has 0 bridgehead atoms. The van der Waals surface area contributed by atoms with Crippen molar-refractivity contribution in [2.75, 3.05) is 13.2 Å². The van der Waals surface area contributed by atoms with Gasteiger partial charge in [-0.3, -0.25) is 4.90 Å². The van der Waals surface area contributed by atoms with Gasteiger partial charge in [0.2, 0.25) is 9.84 Å². The van der Waals surface area contributed by atoms with Gasteiger partial charge in [-0.15, -0.1) is 0 Å². The first-order chi connectivity index (χ1) is 19.7. The molecule has 4 rings (SSSR count). The summed E-state index contributed by atoms with van der Waals surface area (Å²) in [5.74, 6) is -0.671. The number of esters is 1. The van der Waals surface area contributed by atoms with Crippen molar-refractivity contribution in [2.45, 2.75) is 48.7 Å². The third-order valence-corrected chi connectivity index (χ3v) is 8.99. The molecule has 0 radical (unpaired) electrons. The normalized spacial score (nSPS) is 13.1. The van der Waals surface area contributed by atoms with E-state index in [9.17, 15) is 18.3 Å². The molecule has 214 valence electrons. The van der Waals surface area contributed by atoms with E-state index in [4.69, 9.17) is 16.3 Å². The molecule has 0 spiro atoms. The second-order valence-corrected chi connectivity index (χ2v) is 12.3. The Bertz CT molecular complexity index is 1560. The molecule has 0 saturated carbocycles. The average Bonchev–Trinajstić information content (AvgIpc) is 2.97. The van der Waals surface area contributed by atoms with Gasteiger partial charge in [0.25, 0.3) is 0 Å². The van der Waals surface area contributed by atoms with Gasteiger partial charge >= 0.3 is 5.97 Å². The highest BCUT2D eigenvalue weighted by Crippen LogP contribution is 2.26. The van der Waals surface area contributed by atoms with Gasteiger partial charge in [0.05, 0.1) is 28.1 Å². The summed E-state index contributed by atoms with van der Waals surface area (Å²) in [5.41, 5.74) is 2.84. The van der Waals surface area contributed by atoms with Gasteiger partial charge in [0.15, 0.2) is 0 Å². The number of benzene rings is 4. The molecule has 1 N–H and O–H groups in total. The van der Waals surface area contributed by atoms with Crippen LogP contribution in [-0.2, 0) is 27.5 Å². The van der Waals surface area contributed by atoms with E-state index in [1.165, 1.54) is 12.1 Å². The lowest BCUT2D eigenvalue weighted by Gasteiger charge is -2.31. The second-order valence-electron chi connectivity index (χ2n) is 9.90. The summed E-state index contributed by atoms with van der Waals surface area (Å²) in [6.45, 7) is 4.95. The maximum atomic E-state index is 13.4. The van der Waals surface area contributed by atoms with Gasteiger partial charge in [0.1, 0.15) is 0 Å². The zero-order valence-electron chi connectivity index (χ0n) is 23.1. The van der Waals surface area contributed by atoms with Gasteiger partial charge in [-0.1, -0.05) is 78.3 Å². The summed E-state index contributed by atoms with van der Waals surface area (Å²) in [4.78, 5) is 14.6. The number of hydrogen-bond donors (Lipinski definition) is 1. The number of aliphatic hydroxyl groups excluding tert-OH is 1. The van der Waals surface area contributed by atoms with Crippen LogP contribution in [0.25, 0.3) is 0 Å². The number of hydrogen-bond acceptors (Lipinski definition) is 6. The molecule has 4 aromatic carbocycles. The van der Waals surface area contributed by atoms with Crippen molar-refractivity contribution in [2.24, 2.45) is 0 Å². The maximum Gasteiger partial charge on any atom is 0.339 e. The van der Waals surface area contributed by atoms with Crippen LogP contribution >= 0.6 is 11.6 Å². The molecule has 0 fully saturated rings. The van der Waals surface area contributed by atoms with E-state index >= 15 is 0 Å². The third kappa shape index (κ3) is 7.83.